The third-order valence-electron chi connectivity index (χ3n) is 2.54. The smallest absolute Gasteiger partial charge is 0.261 e. The van der Waals surface area contributed by atoms with Crippen molar-refractivity contribution in [2.45, 2.75) is 32.7 Å². The van der Waals surface area contributed by atoms with Gasteiger partial charge in [-0.05, 0) is 38.9 Å². The zero-order chi connectivity index (χ0) is 12.8. The lowest BCUT2D eigenvalue weighted by Crippen LogP contribution is -2.18. The molecule has 0 aliphatic heterocycles. The molecular formula is C12H19F2NOS. The van der Waals surface area contributed by atoms with Crippen LogP contribution in [0.25, 0.3) is 0 Å². The molecule has 1 unspecified atom stereocenters. The third kappa shape index (κ3) is 4.69. The highest BCUT2D eigenvalue weighted by molar-refractivity contribution is 7.12. The van der Waals surface area contributed by atoms with Crippen LogP contribution in [0.1, 0.15) is 27.8 Å². The van der Waals surface area contributed by atoms with E-state index in [-0.39, 0.29) is 6.04 Å². The molecule has 17 heavy (non-hydrogen) atoms. The number of hydrogen-bond donors (Lipinski definition) is 1. The predicted octanol–water partition coefficient (Wildman–Crippen LogP) is 3.30. The molecular weight excluding hydrogens is 244 g/mol. The summed E-state index contributed by atoms with van der Waals surface area (Å²) in [6, 6.07) is 2.33. The first kappa shape index (κ1) is 14.5. The molecule has 0 radical (unpaired) electrons. The summed E-state index contributed by atoms with van der Waals surface area (Å²) in [5.74, 6) is 0. The summed E-state index contributed by atoms with van der Waals surface area (Å²) in [7, 11) is 1.88. The Hall–Kier alpha value is -0.520. The SMILES string of the molecule is CNC(CCOCC(F)F)c1sc(C)cc1C. The third-order valence-corrected chi connectivity index (χ3v) is 3.81. The van der Waals surface area contributed by atoms with Gasteiger partial charge in [0.2, 0.25) is 0 Å². The van der Waals surface area contributed by atoms with Gasteiger partial charge in [0.25, 0.3) is 6.43 Å². The summed E-state index contributed by atoms with van der Waals surface area (Å²) < 4.78 is 28.7. The van der Waals surface area contributed by atoms with E-state index >= 15 is 0 Å². The average molecular weight is 263 g/mol. The van der Waals surface area contributed by atoms with Crippen molar-refractivity contribution in [1.29, 1.82) is 0 Å². The van der Waals surface area contributed by atoms with Crippen LogP contribution >= 0.6 is 11.3 Å². The molecule has 5 heteroatoms. The van der Waals surface area contributed by atoms with E-state index in [0.717, 1.165) is 0 Å². The molecule has 1 atom stereocenters. The maximum Gasteiger partial charge on any atom is 0.261 e. The number of nitrogens with one attached hydrogen (secondary N) is 1. The molecule has 0 spiro atoms. The number of hydrogen-bond acceptors (Lipinski definition) is 3. The Morgan fingerprint density at radius 2 is 2.12 bits per heavy atom. The molecule has 1 N–H and O–H groups in total. The van der Waals surface area contributed by atoms with Crippen molar-refractivity contribution < 1.29 is 13.5 Å². The Kier molecular flexibility index (Phi) is 6.02. The molecule has 0 saturated heterocycles. The first-order valence-corrected chi connectivity index (χ1v) is 6.46. The molecule has 1 heterocycles. The molecule has 0 aliphatic carbocycles. The van der Waals surface area contributed by atoms with Crippen molar-refractivity contribution in [2.24, 2.45) is 0 Å². The van der Waals surface area contributed by atoms with Gasteiger partial charge in [0.15, 0.2) is 0 Å². The van der Waals surface area contributed by atoms with E-state index in [2.05, 4.69) is 25.2 Å². The highest BCUT2D eigenvalue weighted by atomic mass is 32.1. The summed E-state index contributed by atoms with van der Waals surface area (Å²) in [4.78, 5) is 2.54. The lowest BCUT2D eigenvalue weighted by atomic mass is 10.1. The molecule has 0 fully saturated rings. The summed E-state index contributed by atoms with van der Waals surface area (Å²) in [5, 5.41) is 3.20. The van der Waals surface area contributed by atoms with E-state index in [1.54, 1.807) is 11.3 Å². The quantitative estimate of drug-likeness (QED) is 0.762. The Morgan fingerprint density at radius 3 is 2.59 bits per heavy atom. The van der Waals surface area contributed by atoms with Gasteiger partial charge in [-0.2, -0.15) is 0 Å². The molecule has 2 nitrogen and oxygen atoms in total. The largest absolute Gasteiger partial charge is 0.375 e. The zero-order valence-corrected chi connectivity index (χ0v) is 11.2. The highest BCUT2D eigenvalue weighted by Crippen LogP contribution is 2.29. The minimum Gasteiger partial charge on any atom is -0.375 e. The van der Waals surface area contributed by atoms with Crippen LogP contribution in [0.3, 0.4) is 0 Å². The van der Waals surface area contributed by atoms with Crippen LogP contribution in [0, 0.1) is 13.8 Å². The summed E-state index contributed by atoms with van der Waals surface area (Å²) >= 11 is 1.75. The minimum atomic E-state index is -2.38. The monoisotopic (exact) mass is 263 g/mol. The van der Waals surface area contributed by atoms with Gasteiger partial charge in [-0.3, -0.25) is 0 Å². The van der Waals surface area contributed by atoms with Gasteiger partial charge in [0, 0.05) is 22.4 Å². The standard InChI is InChI=1S/C12H19F2NOS/c1-8-6-9(2)17-12(8)10(15-3)4-5-16-7-11(13)14/h6,10-11,15H,4-5,7H2,1-3H3. The van der Waals surface area contributed by atoms with Crippen LogP contribution in [-0.4, -0.2) is 26.7 Å². The van der Waals surface area contributed by atoms with E-state index in [9.17, 15) is 8.78 Å². The maximum atomic E-state index is 11.9. The zero-order valence-electron chi connectivity index (χ0n) is 10.4. The molecule has 98 valence electrons. The number of aryl methyl sites for hydroxylation is 2. The molecule has 0 saturated carbocycles. The van der Waals surface area contributed by atoms with Crippen LogP contribution in [-0.2, 0) is 4.74 Å². The summed E-state index contributed by atoms with van der Waals surface area (Å²) in [5.41, 5.74) is 1.25. The van der Waals surface area contributed by atoms with Crippen molar-refractivity contribution in [3.05, 3.63) is 21.4 Å². The van der Waals surface area contributed by atoms with Crippen molar-refractivity contribution >= 4 is 11.3 Å². The van der Waals surface area contributed by atoms with E-state index in [1.807, 2.05) is 7.05 Å². The Labute approximate surface area is 105 Å². The fraction of sp³-hybridized carbons (Fsp3) is 0.667. The van der Waals surface area contributed by atoms with Crippen LogP contribution in [0.15, 0.2) is 6.07 Å². The fourth-order valence-electron chi connectivity index (χ4n) is 1.79. The molecule has 0 aromatic carbocycles. The number of halogens is 2. The van der Waals surface area contributed by atoms with Crippen molar-refractivity contribution in [1.82, 2.24) is 5.32 Å². The van der Waals surface area contributed by atoms with Crippen molar-refractivity contribution in [3.8, 4) is 0 Å². The van der Waals surface area contributed by atoms with Gasteiger partial charge in [-0.15, -0.1) is 11.3 Å². The van der Waals surface area contributed by atoms with Crippen LogP contribution < -0.4 is 5.32 Å². The molecule has 0 bridgehead atoms. The van der Waals surface area contributed by atoms with Gasteiger partial charge >= 0.3 is 0 Å². The first-order chi connectivity index (χ1) is 8.04. The predicted molar refractivity (Wildman–Crippen MR) is 67.0 cm³/mol. The Balaban J connectivity index is 2.46. The van der Waals surface area contributed by atoms with Gasteiger partial charge in [0.1, 0.15) is 6.61 Å². The van der Waals surface area contributed by atoms with E-state index in [1.165, 1.54) is 15.3 Å². The number of ether oxygens (including phenoxy) is 1. The van der Waals surface area contributed by atoms with Crippen LogP contribution in [0.2, 0.25) is 0 Å². The molecule has 0 amide bonds. The summed E-state index contributed by atoms with van der Waals surface area (Å²) in [6.07, 6.45) is -1.67. The van der Waals surface area contributed by atoms with Crippen LogP contribution in [0.4, 0.5) is 8.78 Å². The molecule has 1 aromatic rings. The summed E-state index contributed by atoms with van der Waals surface area (Å²) in [6.45, 7) is 4.02. The minimum absolute atomic E-state index is 0.186. The van der Waals surface area contributed by atoms with Gasteiger partial charge in [-0.1, -0.05) is 0 Å². The molecule has 1 aromatic heterocycles. The second kappa shape index (κ2) is 7.03. The van der Waals surface area contributed by atoms with Crippen molar-refractivity contribution in [2.75, 3.05) is 20.3 Å². The second-order valence-corrected chi connectivity index (χ2v) is 5.29. The Bertz CT molecular complexity index is 341. The molecule has 1 rings (SSSR count). The van der Waals surface area contributed by atoms with Gasteiger partial charge < -0.3 is 10.1 Å². The Morgan fingerprint density at radius 1 is 1.41 bits per heavy atom. The van der Waals surface area contributed by atoms with Crippen molar-refractivity contribution in [3.63, 3.8) is 0 Å². The molecule has 0 aliphatic rings. The number of alkyl halides is 2. The number of rotatable bonds is 7. The van der Waals surface area contributed by atoms with Crippen LogP contribution in [0.5, 0.6) is 0 Å². The average Bonchev–Trinajstić information content (AvgIpc) is 2.58. The normalized spacial score (nSPS) is 13.3. The second-order valence-electron chi connectivity index (χ2n) is 4.00. The topological polar surface area (TPSA) is 21.3 Å². The first-order valence-electron chi connectivity index (χ1n) is 5.64. The van der Waals surface area contributed by atoms with E-state index < -0.39 is 13.0 Å². The van der Waals surface area contributed by atoms with Gasteiger partial charge in [-0.25, -0.2) is 8.78 Å². The maximum absolute atomic E-state index is 11.9. The van der Waals surface area contributed by atoms with E-state index in [0.29, 0.717) is 13.0 Å². The lowest BCUT2D eigenvalue weighted by Gasteiger charge is -2.15. The van der Waals surface area contributed by atoms with Gasteiger partial charge in [0.05, 0.1) is 0 Å². The highest BCUT2D eigenvalue weighted by Gasteiger charge is 2.14. The lowest BCUT2D eigenvalue weighted by molar-refractivity contribution is 0.0146. The fourth-order valence-corrected chi connectivity index (χ4v) is 2.97. The van der Waals surface area contributed by atoms with E-state index in [4.69, 9.17) is 4.74 Å². The number of thiophene rings is 1.